The number of hydrogen-bond donors (Lipinski definition) is 0. The van der Waals surface area contributed by atoms with E-state index in [1.54, 1.807) is 6.07 Å². The van der Waals surface area contributed by atoms with Gasteiger partial charge in [-0.2, -0.15) is 10.1 Å². The van der Waals surface area contributed by atoms with Crippen molar-refractivity contribution in [3.05, 3.63) is 58.8 Å². The lowest BCUT2D eigenvalue weighted by molar-refractivity contribution is -0.141. The lowest BCUT2D eigenvalue weighted by Gasteiger charge is -2.18. The highest BCUT2D eigenvalue weighted by atomic mass is 79.9. The molecular formula is C22H17BrN2O3. The number of nitrogens with zero attached hydrogens (tertiary/aromatic N) is 2. The Morgan fingerprint density at radius 1 is 1.00 bits per heavy atom. The minimum atomic E-state index is -0.225. The van der Waals surface area contributed by atoms with Gasteiger partial charge in [0.15, 0.2) is 0 Å². The van der Waals surface area contributed by atoms with Crippen LogP contribution in [-0.4, -0.2) is 23.0 Å². The molecule has 1 spiro atoms. The van der Waals surface area contributed by atoms with Crippen LogP contribution in [-0.2, 0) is 9.59 Å². The van der Waals surface area contributed by atoms with E-state index < -0.39 is 0 Å². The first-order valence-electron chi connectivity index (χ1n) is 9.54. The second-order valence-electron chi connectivity index (χ2n) is 8.16. The van der Waals surface area contributed by atoms with E-state index >= 15 is 0 Å². The first-order chi connectivity index (χ1) is 13.6. The highest BCUT2D eigenvalue weighted by molar-refractivity contribution is 9.10. The Morgan fingerprint density at radius 2 is 1.64 bits per heavy atom. The van der Waals surface area contributed by atoms with Gasteiger partial charge >= 0.3 is 0 Å². The van der Waals surface area contributed by atoms with Gasteiger partial charge in [0.1, 0.15) is 11.5 Å². The van der Waals surface area contributed by atoms with Crippen LogP contribution in [0, 0.1) is 29.1 Å². The zero-order valence-corrected chi connectivity index (χ0v) is 16.5. The molecular weight excluding hydrogens is 420 g/mol. The highest BCUT2D eigenvalue weighted by Crippen LogP contribution is 2.73. The molecule has 5 nitrogen and oxygen atoms in total. The van der Waals surface area contributed by atoms with Crippen LogP contribution in [0.15, 0.2) is 62.5 Å². The molecule has 0 N–H and O–H groups in total. The third-order valence-electron chi connectivity index (χ3n) is 6.89. The Balaban J connectivity index is 1.24. The van der Waals surface area contributed by atoms with Crippen LogP contribution >= 0.6 is 15.9 Å². The fourth-order valence-corrected chi connectivity index (χ4v) is 5.75. The molecule has 6 rings (SSSR count). The van der Waals surface area contributed by atoms with Crippen LogP contribution in [0.5, 0.6) is 0 Å². The third-order valence-corrected chi connectivity index (χ3v) is 7.41. The Kier molecular flexibility index (Phi) is 3.26. The second kappa shape index (κ2) is 5.54. The molecule has 0 radical (unpaired) electrons. The molecule has 3 fully saturated rings. The smallest absolute Gasteiger partial charge is 0.254 e. The van der Waals surface area contributed by atoms with E-state index in [1.807, 2.05) is 30.3 Å². The predicted molar refractivity (Wildman–Crippen MR) is 106 cm³/mol. The zero-order chi connectivity index (χ0) is 19.0. The van der Waals surface area contributed by atoms with E-state index in [0.29, 0.717) is 11.5 Å². The summed E-state index contributed by atoms with van der Waals surface area (Å²) >= 11 is 3.42. The number of hydrogen-bond acceptors (Lipinski definition) is 4. The summed E-state index contributed by atoms with van der Waals surface area (Å²) in [6.07, 6.45) is 8.05. The van der Waals surface area contributed by atoms with Crippen molar-refractivity contribution in [1.29, 1.82) is 0 Å². The quantitative estimate of drug-likeness (QED) is 0.410. The van der Waals surface area contributed by atoms with Crippen molar-refractivity contribution in [3.8, 4) is 11.3 Å². The summed E-state index contributed by atoms with van der Waals surface area (Å²) in [4.78, 5) is 25.8. The summed E-state index contributed by atoms with van der Waals surface area (Å²) in [5.41, 5.74) is 1.15. The summed E-state index contributed by atoms with van der Waals surface area (Å²) in [5.74, 6) is 0.883. The van der Waals surface area contributed by atoms with Gasteiger partial charge in [0.2, 0.25) is 0 Å². The number of amides is 2. The van der Waals surface area contributed by atoms with Gasteiger partial charge in [0.25, 0.3) is 11.8 Å². The maximum atomic E-state index is 12.9. The van der Waals surface area contributed by atoms with Gasteiger partial charge in [-0.15, -0.1) is 0 Å². The van der Waals surface area contributed by atoms with E-state index in [-0.39, 0.29) is 40.9 Å². The molecule has 2 aromatic rings. The predicted octanol–water partition coefficient (Wildman–Crippen LogP) is 4.24. The van der Waals surface area contributed by atoms with E-state index in [0.717, 1.165) is 27.9 Å². The average Bonchev–Trinajstić information content (AvgIpc) is 2.97. The third kappa shape index (κ3) is 2.09. The van der Waals surface area contributed by atoms with Crippen LogP contribution in [0.3, 0.4) is 0 Å². The van der Waals surface area contributed by atoms with Gasteiger partial charge in [-0.1, -0.05) is 40.2 Å². The summed E-state index contributed by atoms with van der Waals surface area (Å²) in [6, 6.07) is 11.4. The number of halogens is 1. The van der Waals surface area contributed by atoms with E-state index in [4.69, 9.17) is 4.42 Å². The van der Waals surface area contributed by atoms with Crippen molar-refractivity contribution in [1.82, 2.24) is 5.01 Å². The van der Waals surface area contributed by atoms with Crippen LogP contribution in [0.2, 0.25) is 0 Å². The van der Waals surface area contributed by atoms with E-state index in [1.165, 1.54) is 6.21 Å². The molecule has 6 heteroatoms. The van der Waals surface area contributed by atoms with Crippen LogP contribution in [0.4, 0.5) is 0 Å². The minimum absolute atomic E-state index is 0.158. The Labute approximate surface area is 170 Å². The van der Waals surface area contributed by atoms with Crippen molar-refractivity contribution in [3.63, 3.8) is 0 Å². The molecule has 3 aliphatic carbocycles. The molecule has 28 heavy (non-hydrogen) atoms. The molecule has 1 aromatic carbocycles. The lowest BCUT2D eigenvalue weighted by Crippen LogP contribution is -2.30. The molecule has 4 aliphatic rings. The number of imide groups is 1. The SMILES string of the molecule is O=C1[C@@H]2[C@@H](C(=O)N1/N=C\c1ccc(-c3ccc(Br)cc3)o1)[C@@H]1C=C[C@@H]2C12CC2. The van der Waals surface area contributed by atoms with Crippen molar-refractivity contribution < 1.29 is 14.0 Å². The summed E-state index contributed by atoms with van der Waals surface area (Å²) in [7, 11) is 0. The number of hydrazone groups is 1. The average molecular weight is 437 g/mol. The molecule has 1 aliphatic heterocycles. The van der Waals surface area contributed by atoms with E-state index in [9.17, 15) is 9.59 Å². The van der Waals surface area contributed by atoms with E-state index in [2.05, 4.69) is 33.2 Å². The van der Waals surface area contributed by atoms with Crippen molar-refractivity contribution in [2.75, 3.05) is 0 Å². The number of rotatable bonds is 3. The summed E-state index contributed by atoms with van der Waals surface area (Å²) in [5, 5.41) is 5.27. The van der Waals surface area contributed by atoms with Crippen molar-refractivity contribution in [2.24, 2.45) is 34.2 Å². The molecule has 0 unspecified atom stereocenters. The largest absolute Gasteiger partial charge is 0.455 e. The second-order valence-corrected chi connectivity index (χ2v) is 9.08. The fourth-order valence-electron chi connectivity index (χ4n) is 5.48. The Bertz CT molecular complexity index is 1030. The topological polar surface area (TPSA) is 62.9 Å². The summed E-state index contributed by atoms with van der Waals surface area (Å²) in [6.45, 7) is 0. The molecule has 140 valence electrons. The highest BCUT2D eigenvalue weighted by Gasteiger charge is 2.73. The number of furan rings is 1. The normalized spacial score (nSPS) is 31.5. The van der Waals surface area contributed by atoms with Crippen LogP contribution in [0.25, 0.3) is 11.3 Å². The Morgan fingerprint density at radius 3 is 2.25 bits per heavy atom. The maximum Gasteiger partial charge on any atom is 0.254 e. The van der Waals surface area contributed by atoms with Gasteiger partial charge in [-0.3, -0.25) is 9.59 Å². The first kappa shape index (κ1) is 16.5. The van der Waals surface area contributed by atoms with Gasteiger partial charge in [0, 0.05) is 10.0 Å². The molecule has 4 atom stereocenters. The number of carbonyl (C=O) groups is 2. The standard InChI is InChI=1S/C22H17BrN2O3/c23-13-3-1-12(2-4-13)17-8-5-14(28-17)11-24-25-20(26)18-15-6-7-16(19(18)21(25)27)22(15)9-10-22/h1-8,11,15-16,18-19H,9-10H2/b24-11-/t15-,16-,18-,19-/m0/s1. The maximum absolute atomic E-state index is 12.9. The Hall–Kier alpha value is -2.47. The molecule has 2 heterocycles. The number of benzene rings is 1. The number of allylic oxidation sites excluding steroid dienone is 2. The first-order valence-corrected chi connectivity index (χ1v) is 10.3. The fraction of sp³-hybridized carbons (Fsp3) is 0.318. The number of fused-ring (bicyclic) bond motifs is 3. The zero-order valence-electron chi connectivity index (χ0n) is 14.9. The molecule has 1 aromatic heterocycles. The molecule has 2 amide bonds. The monoisotopic (exact) mass is 436 g/mol. The van der Waals surface area contributed by atoms with Gasteiger partial charge in [-0.05, 0) is 54.4 Å². The lowest BCUT2D eigenvalue weighted by atomic mass is 9.85. The van der Waals surface area contributed by atoms with Crippen molar-refractivity contribution >= 4 is 34.0 Å². The molecule has 1 saturated heterocycles. The molecule has 2 saturated carbocycles. The van der Waals surface area contributed by atoms with Gasteiger partial charge < -0.3 is 4.42 Å². The summed E-state index contributed by atoms with van der Waals surface area (Å²) < 4.78 is 6.80. The minimum Gasteiger partial charge on any atom is -0.455 e. The van der Waals surface area contributed by atoms with Gasteiger partial charge in [-0.25, -0.2) is 0 Å². The van der Waals surface area contributed by atoms with Crippen LogP contribution < -0.4 is 0 Å². The van der Waals surface area contributed by atoms with Crippen LogP contribution in [0.1, 0.15) is 18.6 Å². The molecule has 2 bridgehead atoms. The van der Waals surface area contributed by atoms with Crippen molar-refractivity contribution in [2.45, 2.75) is 12.8 Å². The number of carbonyl (C=O) groups excluding carboxylic acids is 2. The van der Waals surface area contributed by atoms with Gasteiger partial charge in [0.05, 0.1) is 18.1 Å².